The van der Waals surface area contributed by atoms with Gasteiger partial charge in [0.05, 0.1) is 27.7 Å². The van der Waals surface area contributed by atoms with Gasteiger partial charge in [0.15, 0.2) is 10.8 Å². The molecule has 9 heteroatoms. The molecular weight excluding hydrogens is 440 g/mol. The first kappa shape index (κ1) is 21.1. The number of hydrogen-bond acceptors (Lipinski definition) is 7. The summed E-state index contributed by atoms with van der Waals surface area (Å²) < 4.78 is 1.91. The third kappa shape index (κ3) is 3.91. The molecule has 1 aliphatic heterocycles. The van der Waals surface area contributed by atoms with Gasteiger partial charge in [-0.1, -0.05) is 0 Å². The van der Waals surface area contributed by atoms with E-state index in [0.717, 1.165) is 52.8 Å². The Balaban J connectivity index is 1.51. The van der Waals surface area contributed by atoms with Crippen molar-refractivity contribution in [3.05, 3.63) is 46.4 Å². The van der Waals surface area contributed by atoms with Crippen LogP contribution in [0.5, 0.6) is 0 Å². The fourth-order valence-corrected chi connectivity index (χ4v) is 5.65. The molecule has 4 aromatic rings. The van der Waals surface area contributed by atoms with E-state index in [1.165, 1.54) is 4.88 Å². The fraction of sp³-hybridized carbons (Fsp3) is 0.391. The van der Waals surface area contributed by atoms with Crippen LogP contribution in [-0.4, -0.2) is 56.7 Å². The minimum absolute atomic E-state index is 0.0521. The van der Waals surface area contributed by atoms with Crippen molar-refractivity contribution in [1.29, 1.82) is 0 Å². The topological polar surface area (TPSA) is 67.2 Å². The largest absolute Gasteiger partial charge is 0.346 e. The maximum absolute atomic E-state index is 13.8. The van der Waals surface area contributed by atoms with Gasteiger partial charge < -0.3 is 9.80 Å². The predicted octanol–water partition coefficient (Wildman–Crippen LogP) is 4.86. The Kier molecular flexibility index (Phi) is 5.69. The zero-order valence-corrected chi connectivity index (χ0v) is 20.1. The lowest BCUT2D eigenvalue weighted by atomic mass is 10.1. The van der Waals surface area contributed by atoms with E-state index in [1.807, 2.05) is 27.2 Å². The number of thiazole rings is 1. The maximum Gasteiger partial charge on any atom is 0.254 e. The Morgan fingerprint density at radius 3 is 2.75 bits per heavy atom. The highest BCUT2D eigenvalue weighted by atomic mass is 32.1. The predicted molar refractivity (Wildman–Crippen MR) is 131 cm³/mol. The molecule has 1 amide bonds. The van der Waals surface area contributed by atoms with Crippen LogP contribution in [0.2, 0.25) is 0 Å². The van der Waals surface area contributed by atoms with Gasteiger partial charge in [-0.15, -0.1) is 22.7 Å². The molecule has 0 aliphatic carbocycles. The van der Waals surface area contributed by atoms with Gasteiger partial charge >= 0.3 is 0 Å². The number of pyridine rings is 1. The van der Waals surface area contributed by atoms with E-state index >= 15 is 0 Å². The van der Waals surface area contributed by atoms with Gasteiger partial charge in [0, 0.05) is 48.7 Å². The number of aromatic nitrogens is 4. The van der Waals surface area contributed by atoms with Crippen molar-refractivity contribution in [2.75, 3.05) is 31.1 Å². The highest BCUT2D eigenvalue weighted by Gasteiger charge is 2.25. The van der Waals surface area contributed by atoms with Crippen LogP contribution in [0.15, 0.2) is 36.0 Å². The molecule has 0 spiro atoms. The number of amides is 1. The number of aryl methyl sites for hydroxylation is 1. The standard InChI is InChI=1S/C23H26N6OS2/c1-15(2)29-21-18(14-25-29)17(13-19(26-21)20-6-5-16(3)32-20)22(30)27-8-4-9-28(11-10-27)23-24-7-12-31-23/h5-7,12-15H,4,8-11H2,1-3H3. The first-order valence-corrected chi connectivity index (χ1v) is 12.6. The van der Waals surface area contributed by atoms with Gasteiger partial charge in [0.1, 0.15) is 0 Å². The number of anilines is 1. The van der Waals surface area contributed by atoms with Gasteiger partial charge in [0.2, 0.25) is 0 Å². The highest BCUT2D eigenvalue weighted by molar-refractivity contribution is 7.15. The molecule has 0 aromatic carbocycles. The minimum Gasteiger partial charge on any atom is -0.346 e. The highest BCUT2D eigenvalue weighted by Crippen LogP contribution is 2.31. The first-order valence-electron chi connectivity index (χ1n) is 10.9. The second-order valence-corrected chi connectivity index (χ2v) is 10.5. The van der Waals surface area contributed by atoms with E-state index in [1.54, 1.807) is 28.9 Å². The SMILES string of the molecule is Cc1ccc(-c2cc(C(=O)N3CCCN(c4nccs4)CC3)c3cnn(C(C)C)c3n2)s1. The zero-order chi connectivity index (χ0) is 22.2. The van der Waals surface area contributed by atoms with Crippen LogP contribution in [-0.2, 0) is 0 Å². The van der Waals surface area contributed by atoms with Gasteiger partial charge in [-0.3, -0.25) is 4.79 Å². The van der Waals surface area contributed by atoms with E-state index < -0.39 is 0 Å². The summed E-state index contributed by atoms with van der Waals surface area (Å²) in [6.45, 7) is 9.36. The lowest BCUT2D eigenvalue weighted by Crippen LogP contribution is -2.35. The average molecular weight is 467 g/mol. The van der Waals surface area contributed by atoms with E-state index in [-0.39, 0.29) is 11.9 Å². The third-order valence-corrected chi connectivity index (χ3v) is 7.61. The van der Waals surface area contributed by atoms with Crippen molar-refractivity contribution in [1.82, 2.24) is 24.6 Å². The summed E-state index contributed by atoms with van der Waals surface area (Å²) in [6.07, 6.45) is 4.54. The molecule has 1 aliphatic rings. The summed E-state index contributed by atoms with van der Waals surface area (Å²) >= 11 is 3.34. The lowest BCUT2D eigenvalue weighted by Gasteiger charge is -2.22. The number of carbonyl (C=O) groups excluding carboxylic acids is 1. The van der Waals surface area contributed by atoms with E-state index in [0.29, 0.717) is 12.1 Å². The van der Waals surface area contributed by atoms with E-state index in [4.69, 9.17) is 4.98 Å². The summed E-state index contributed by atoms with van der Waals surface area (Å²) in [6, 6.07) is 6.28. The van der Waals surface area contributed by atoms with Crippen LogP contribution in [0.4, 0.5) is 5.13 Å². The van der Waals surface area contributed by atoms with Gasteiger partial charge in [-0.05, 0) is 45.4 Å². The molecule has 7 nitrogen and oxygen atoms in total. The second kappa shape index (κ2) is 8.63. The Bertz CT molecular complexity index is 1240. The quantitative estimate of drug-likeness (QED) is 0.430. The summed E-state index contributed by atoms with van der Waals surface area (Å²) in [7, 11) is 0. The van der Waals surface area contributed by atoms with Gasteiger partial charge in [-0.25, -0.2) is 14.6 Å². The van der Waals surface area contributed by atoms with Crippen LogP contribution in [0, 0.1) is 6.92 Å². The van der Waals surface area contributed by atoms with Crippen LogP contribution in [0.25, 0.3) is 21.6 Å². The molecule has 0 radical (unpaired) electrons. The van der Waals surface area contributed by atoms with Crippen molar-refractivity contribution in [2.24, 2.45) is 0 Å². The monoisotopic (exact) mass is 466 g/mol. The van der Waals surface area contributed by atoms with Gasteiger partial charge in [0.25, 0.3) is 5.91 Å². The molecule has 0 bridgehead atoms. The molecule has 4 aromatic heterocycles. The number of carbonyl (C=O) groups is 1. The number of hydrogen-bond donors (Lipinski definition) is 0. The maximum atomic E-state index is 13.8. The van der Waals surface area contributed by atoms with Crippen molar-refractivity contribution >= 4 is 44.7 Å². The Morgan fingerprint density at radius 2 is 2.03 bits per heavy atom. The molecule has 0 atom stereocenters. The number of fused-ring (bicyclic) bond motifs is 1. The molecule has 166 valence electrons. The molecular formula is C23H26N6OS2. The van der Waals surface area contributed by atoms with Crippen LogP contribution >= 0.6 is 22.7 Å². The lowest BCUT2D eigenvalue weighted by molar-refractivity contribution is 0.0769. The Hall–Kier alpha value is -2.78. The Labute approximate surface area is 195 Å². The molecule has 0 unspecified atom stereocenters. The number of rotatable bonds is 4. The van der Waals surface area contributed by atoms with E-state index in [9.17, 15) is 4.79 Å². The minimum atomic E-state index is 0.0521. The van der Waals surface area contributed by atoms with Crippen molar-refractivity contribution in [3.63, 3.8) is 0 Å². The Morgan fingerprint density at radius 1 is 1.16 bits per heavy atom. The van der Waals surface area contributed by atoms with Crippen LogP contribution in [0.3, 0.4) is 0 Å². The van der Waals surface area contributed by atoms with Gasteiger partial charge in [-0.2, -0.15) is 5.10 Å². The smallest absolute Gasteiger partial charge is 0.254 e. The number of nitrogens with zero attached hydrogens (tertiary/aromatic N) is 6. The third-order valence-electron chi connectivity index (χ3n) is 5.75. The van der Waals surface area contributed by atoms with Crippen LogP contribution in [0.1, 0.15) is 41.5 Å². The summed E-state index contributed by atoms with van der Waals surface area (Å²) in [5, 5.41) is 8.40. The second-order valence-electron chi connectivity index (χ2n) is 8.33. The average Bonchev–Trinajstić information content (AvgIpc) is 3.51. The molecule has 0 N–H and O–H groups in total. The van der Waals surface area contributed by atoms with Crippen LogP contribution < -0.4 is 4.90 Å². The normalized spacial score (nSPS) is 15.0. The van der Waals surface area contributed by atoms with Crippen molar-refractivity contribution in [3.8, 4) is 10.6 Å². The zero-order valence-electron chi connectivity index (χ0n) is 18.5. The molecule has 5 heterocycles. The molecule has 1 saturated heterocycles. The first-order chi connectivity index (χ1) is 15.5. The molecule has 5 rings (SSSR count). The molecule has 1 fully saturated rings. The van der Waals surface area contributed by atoms with Crippen molar-refractivity contribution < 1.29 is 4.79 Å². The van der Waals surface area contributed by atoms with E-state index in [2.05, 4.69) is 47.9 Å². The fourth-order valence-electron chi connectivity index (χ4n) is 4.13. The summed E-state index contributed by atoms with van der Waals surface area (Å²) in [4.78, 5) is 29.7. The number of thiophene rings is 1. The molecule has 32 heavy (non-hydrogen) atoms. The summed E-state index contributed by atoms with van der Waals surface area (Å²) in [5.41, 5.74) is 2.29. The molecule has 0 saturated carbocycles. The summed E-state index contributed by atoms with van der Waals surface area (Å²) in [5.74, 6) is 0.0521. The van der Waals surface area contributed by atoms with Crippen molar-refractivity contribution in [2.45, 2.75) is 33.2 Å².